The molecule has 5 nitrogen and oxygen atoms in total. The molecule has 1 aliphatic heterocycles. The highest BCUT2D eigenvalue weighted by Gasteiger charge is 2.35. The van der Waals surface area contributed by atoms with Gasteiger partial charge < -0.3 is 20.1 Å². The maximum atomic E-state index is 12.4. The van der Waals surface area contributed by atoms with Gasteiger partial charge in [-0.2, -0.15) is 0 Å². The maximum Gasteiger partial charge on any atom is 0.253 e. The van der Waals surface area contributed by atoms with Gasteiger partial charge in [-0.25, -0.2) is 0 Å². The molecule has 6 heteroatoms. The third-order valence-electron chi connectivity index (χ3n) is 3.66. The smallest absolute Gasteiger partial charge is 0.253 e. The van der Waals surface area contributed by atoms with Crippen LogP contribution < -0.4 is 10.6 Å². The number of carbonyl (C=O) groups is 1. The largest absolute Gasteiger partial charge is 0.385 e. The molecule has 0 bridgehead atoms. The van der Waals surface area contributed by atoms with E-state index in [0.717, 1.165) is 18.7 Å². The zero-order chi connectivity index (χ0) is 15.3. The highest BCUT2D eigenvalue weighted by molar-refractivity contribution is 6.31. The van der Waals surface area contributed by atoms with Crippen LogP contribution in [0.1, 0.15) is 23.7 Å². The van der Waals surface area contributed by atoms with Gasteiger partial charge in [0.15, 0.2) is 0 Å². The number of hydrogen-bond acceptors (Lipinski definition) is 4. The summed E-state index contributed by atoms with van der Waals surface area (Å²) in [5.41, 5.74) is 0.884. The average Bonchev–Trinajstić information content (AvgIpc) is 2.96. The molecule has 1 aromatic carbocycles. The predicted octanol–water partition coefficient (Wildman–Crippen LogP) is 2.31. The van der Waals surface area contributed by atoms with Crippen LogP contribution in [0.5, 0.6) is 0 Å². The van der Waals surface area contributed by atoms with Gasteiger partial charge in [-0.1, -0.05) is 11.6 Å². The molecule has 0 aromatic heterocycles. The number of methoxy groups -OCH3 is 1. The van der Waals surface area contributed by atoms with E-state index in [4.69, 9.17) is 21.1 Å². The summed E-state index contributed by atoms with van der Waals surface area (Å²) in [5, 5.41) is 6.61. The van der Waals surface area contributed by atoms with Crippen molar-refractivity contribution in [2.45, 2.75) is 18.9 Å². The minimum absolute atomic E-state index is 0.170. The van der Waals surface area contributed by atoms with Crippen molar-refractivity contribution in [1.82, 2.24) is 5.32 Å². The van der Waals surface area contributed by atoms with Crippen LogP contribution in [-0.4, -0.2) is 44.9 Å². The van der Waals surface area contributed by atoms with E-state index in [0.29, 0.717) is 30.3 Å². The van der Waals surface area contributed by atoms with E-state index >= 15 is 0 Å². The van der Waals surface area contributed by atoms with Crippen LogP contribution in [0.2, 0.25) is 5.02 Å². The Morgan fingerprint density at radius 1 is 1.52 bits per heavy atom. The molecule has 2 rings (SSSR count). The Kier molecular flexibility index (Phi) is 5.45. The van der Waals surface area contributed by atoms with Gasteiger partial charge in [-0.05, 0) is 25.1 Å². The molecule has 1 atom stereocenters. The molecule has 1 amide bonds. The molecular formula is C15H21ClN2O3. The molecule has 1 aliphatic rings. The summed E-state index contributed by atoms with van der Waals surface area (Å²) in [6.07, 6.45) is 0.777. The Hall–Kier alpha value is -1.30. The van der Waals surface area contributed by atoms with Crippen LogP contribution in [0.4, 0.5) is 5.69 Å². The zero-order valence-electron chi connectivity index (χ0n) is 12.4. The lowest BCUT2D eigenvalue weighted by Gasteiger charge is -2.26. The summed E-state index contributed by atoms with van der Waals surface area (Å²) in [7, 11) is 1.64. The number of anilines is 1. The van der Waals surface area contributed by atoms with Crippen LogP contribution in [0.3, 0.4) is 0 Å². The first-order valence-corrected chi connectivity index (χ1v) is 7.42. The molecular weight excluding hydrogens is 292 g/mol. The molecule has 0 radical (unpaired) electrons. The second-order valence-electron chi connectivity index (χ2n) is 5.09. The predicted molar refractivity (Wildman–Crippen MR) is 83.1 cm³/mol. The standard InChI is InChI=1S/C15H21ClN2O3/c1-3-17-13-5-4-11(16)8-12(13)14(19)18-9-15(20-2)6-7-21-10-15/h4-5,8,17H,3,6-7,9-10H2,1-2H3,(H,18,19). The molecule has 1 unspecified atom stereocenters. The quantitative estimate of drug-likeness (QED) is 0.846. The van der Waals surface area contributed by atoms with E-state index < -0.39 is 5.60 Å². The Bertz CT molecular complexity index is 502. The number of hydrogen-bond donors (Lipinski definition) is 2. The van der Waals surface area contributed by atoms with Gasteiger partial charge in [-0.15, -0.1) is 0 Å². The first-order valence-electron chi connectivity index (χ1n) is 7.05. The molecule has 1 saturated heterocycles. The topological polar surface area (TPSA) is 59.6 Å². The molecule has 1 heterocycles. The highest BCUT2D eigenvalue weighted by Crippen LogP contribution is 2.23. The van der Waals surface area contributed by atoms with E-state index in [-0.39, 0.29) is 5.91 Å². The first kappa shape index (κ1) is 16.1. The fraction of sp³-hybridized carbons (Fsp3) is 0.533. The molecule has 0 spiro atoms. The first-order chi connectivity index (χ1) is 10.1. The van der Waals surface area contributed by atoms with Crippen molar-refractivity contribution in [3.05, 3.63) is 28.8 Å². The van der Waals surface area contributed by atoms with Crippen molar-refractivity contribution in [2.75, 3.05) is 38.7 Å². The number of halogens is 1. The molecule has 0 aliphatic carbocycles. The molecule has 0 saturated carbocycles. The van der Waals surface area contributed by atoms with Gasteiger partial charge in [0.25, 0.3) is 5.91 Å². The van der Waals surface area contributed by atoms with Gasteiger partial charge in [0, 0.05) is 43.9 Å². The number of amides is 1. The van der Waals surface area contributed by atoms with Crippen LogP contribution >= 0.6 is 11.6 Å². The summed E-state index contributed by atoms with van der Waals surface area (Å²) < 4.78 is 10.9. The van der Waals surface area contributed by atoms with Crippen molar-refractivity contribution in [2.24, 2.45) is 0 Å². The molecule has 1 aromatic rings. The molecule has 2 N–H and O–H groups in total. The van der Waals surface area contributed by atoms with Crippen molar-refractivity contribution in [3.63, 3.8) is 0 Å². The fourth-order valence-electron chi connectivity index (χ4n) is 2.35. The lowest BCUT2D eigenvalue weighted by atomic mass is 10.0. The fourth-order valence-corrected chi connectivity index (χ4v) is 2.52. The lowest BCUT2D eigenvalue weighted by Crippen LogP contribution is -2.45. The summed E-state index contributed by atoms with van der Waals surface area (Å²) in [4.78, 5) is 12.4. The Labute approximate surface area is 130 Å². The lowest BCUT2D eigenvalue weighted by molar-refractivity contribution is -0.0148. The number of ether oxygens (including phenoxy) is 2. The average molecular weight is 313 g/mol. The van der Waals surface area contributed by atoms with Crippen LogP contribution in [0, 0.1) is 0 Å². The number of carbonyl (C=O) groups excluding carboxylic acids is 1. The summed E-state index contributed by atoms with van der Waals surface area (Å²) in [5.74, 6) is -0.170. The second kappa shape index (κ2) is 7.11. The molecule has 1 fully saturated rings. The van der Waals surface area contributed by atoms with Gasteiger partial charge in [0.05, 0.1) is 12.2 Å². The SMILES string of the molecule is CCNc1ccc(Cl)cc1C(=O)NCC1(OC)CCOC1. The zero-order valence-corrected chi connectivity index (χ0v) is 13.1. The molecule has 116 valence electrons. The highest BCUT2D eigenvalue weighted by atomic mass is 35.5. The summed E-state index contributed by atoms with van der Waals surface area (Å²) in [6, 6.07) is 5.24. The van der Waals surface area contributed by atoms with E-state index in [9.17, 15) is 4.79 Å². The van der Waals surface area contributed by atoms with Gasteiger partial charge in [0.1, 0.15) is 5.60 Å². The summed E-state index contributed by atoms with van der Waals surface area (Å²) in [6.45, 7) is 4.28. The number of benzene rings is 1. The summed E-state index contributed by atoms with van der Waals surface area (Å²) >= 11 is 5.99. The monoisotopic (exact) mass is 312 g/mol. The van der Waals surface area contributed by atoms with Crippen LogP contribution in [-0.2, 0) is 9.47 Å². The second-order valence-corrected chi connectivity index (χ2v) is 5.53. The minimum atomic E-state index is -0.424. The normalized spacial score (nSPS) is 21.3. The van der Waals surface area contributed by atoms with Crippen molar-refractivity contribution in [1.29, 1.82) is 0 Å². The Morgan fingerprint density at radius 3 is 2.95 bits per heavy atom. The Balaban J connectivity index is 2.07. The minimum Gasteiger partial charge on any atom is -0.385 e. The van der Waals surface area contributed by atoms with Crippen molar-refractivity contribution in [3.8, 4) is 0 Å². The Morgan fingerprint density at radius 2 is 2.33 bits per heavy atom. The van der Waals surface area contributed by atoms with Crippen LogP contribution in [0.25, 0.3) is 0 Å². The maximum absolute atomic E-state index is 12.4. The van der Waals surface area contributed by atoms with E-state index in [2.05, 4.69) is 10.6 Å². The third kappa shape index (κ3) is 3.87. The third-order valence-corrected chi connectivity index (χ3v) is 3.90. The van der Waals surface area contributed by atoms with Gasteiger partial charge in [-0.3, -0.25) is 4.79 Å². The van der Waals surface area contributed by atoms with Crippen LogP contribution in [0.15, 0.2) is 18.2 Å². The van der Waals surface area contributed by atoms with Gasteiger partial charge in [0.2, 0.25) is 0 Å². The van der Waals surface area contributed by atoms with Crippen molar-refractivity contribution >= 4 is 23.2 Å². The van der Waals surface area contributed by atoms with E-state index in [1.807, 2.05) is 13.0 Å². The molecule has 21 heavy (non-hydrogen) atoms. The van der Waals surface area contributed by atoms with Gasteiger partial charge >= 0.3 is 0 Å². The number of rotatable bonds is 6. The van der Waals surface area contributed by atoms with E-state index in [1.54, 1.807) is 19.2 Å². The van der Waals surface area contributed by atoms with E-state index in [1.165, 1.54) is 0 Å². The number of nitrogens with one attached hydrogen (secondary N) is 2. The van der Waals surface area contributed by atoms with Crippen molar-refractivity contribution < 1.29 is 14.3 Å².